The Morgan fingerprint density at radius 2 is 2.33 bits per heavy atom. The van der Waals surface area contributed by atoms with Crippen LogP contribution in [0.2, 0.25) is 6.04 Å². The van der Waals surface area contributed by atoms with E-state index in [1.54, 1.807) is 0 Å². The van der Waals surface area contributed by atoms with Crippen molar-refractivity contribution in [3.8, 4) is 0 Å². The molecular weight excluding hydrogens is 164 g/mol. The van der Waals surface area contributed by atoms with Gasteiger partial charge in [-0.3, -0.25) is 0 Å². The van der Waals surface area contributed by atoms with Crippen LogP contribution in [0.3, 0.4) is 0 Å². The summed E-state index contributed by atoms with van der Waals surface area (Å²) in [5.74, 6) is 0. The smallest absolute Gasteiger partial charge is 0.166 e. The Morgan fingerprint density at radius 3 is 2.56 bits per heavy atom. The average Bonchev–Trinajstić information content (AvgIpc) is 1.94. The van der Waals surface area contributed by atoms with Crippen molar-refractivity contribution in [1.82, 2.24) is 0 Å². The van der Waals surface area contributed by atoms with Gasteiger partial charge in [-0.05, 0) is 12.5 Å². The Labute approximate surface area is 62.7 Å². The molecule has 2 nitrogen and oxygen atoms in total. The summed E-state index contributed by atoms with van der Waals surface area (Å²) in [4.78, 5) is 7.14. The van der Waals surface area contributed by atoms with E-state index in [1.165, 1.54) is 12.5 Å². The second-order valence-electron chi connectivity index (χ2n) is 1.91. The highest BCUT2D eigenvalue weighted by atomic mass is 29.2. The second-order valence-corrected chi connectivity index (χ2v) is 8.47. The molecule has 0 aromatic rings. The van der Waals surface area contributed by atoms with E-state index in [2.05, 4.69) is 6.17 Å². The molecular formula is C4H14O2Si3. The maximum Gasteiger partial charge on any atom is 0.166 e. The Morgan fingerprint density at radius 1 is 1.67 bits per heavy atom. The lowest BCUT2D eigenvalue weighted by molar-refractivity contribution is 0.336. The zero-order chi connectivity index (χ0) is 7.11. The summed E-state index contributed by atoms with van der Waals surface area (Å²) in [5.41, 5.74) is 0. The van der Waals surface area contributed by atoms with E-state index in [0.29, 0.717) is 10.5 Å². The molecule has 1 fully saturated rings. The summed E-state index contributed by atoms with van der Waals surface area (Å²) in [6, 6.07) is 1.41. The first-order chi connectivity index (χ1) is 4.39. The van der Waals surface area contributed by atoms with E-state index < -0.39 is 0 Å². The summed E-state index contributed by atoms with van der Waals surface area (Å²) in [5, 5.41) is 0. The SMILES string of the molecule is C=[Si]1CCCO[SiH2]1.O[SiH3]. The third-order valence-corrected chi connectivity index (χ3v) is 5.98. The van der Waals surface area contributed by atoms with Crippen molar-refractivity contribution in [2.45, 2.75) is 12.5 Å². The molecule has 0 aromatic carbocycles. The first-order valence-corrected chi connectivity index (χ1v) is 8.80. The number of hydrogen-bond donors (Lipinski definition) is 1. The van der Waals surface area contributed by atoms with E-state index in [4.69, 9.17) is 9.22 Å². The standard InChI is InChI=1S/C4H10OSi2.H4OSi/c1-7-4-2-3-5-6-7;1-2/h1-4,6H2;1H,2H3. The zero-order valence-corrected chi connectivity index (χ0v) is 10.3. The number of hydrogen-bond acceptors (Lipinski definition) is 2. The highest BCUT2D eigenvalue weighted by molar-refractivity contribution is 7.10. The van der Waals surface area contributed by atoms with Crippen molar-refractivity contribution in [2.75, 3.05) is 6.61 Å². The molecule has 5 heteroatoms. The molecule has 0 spiro atoms. The van der Waals surface area contributed by atoms with Crippen LogP contribution in [0.15, 0.2) is 0 Å². The highest BCUT2D eigenvalue weighted by Gasteiger charge is 2.02. The van der Waals surface area contributed by atoms with Gasteiger partial charge >= 0.3 is 0 Å². The first kappa shape index (κ1) is 9.44. The summed E-state index contributed by atoms with van der Waals surface area (Å²) >= 11 is 0. The van der Waals surface area contributed by atoms with Gasteiger partial charge in [0.1, 0.15) is 10.5 Å². The predicted octanol–water partition coefficient (Wildman–Crippen LogP) is -2.25. The van der Waals surface area contributed by atoms with Gasteiger partial charge in [0, 0.05) is 14.5 Å². The summed E-state index contributed by atoms with van der Waals surface area (Å²) in [7, 11) is 0.103. The molecule has 0 bridgehead atoms. The van der Waals surface area contributed by atoms with Crippen LogP contribution in [-0.2, 0) is 4.43 Å². The lowest BCUT2D eigenvalue weighted by Crippen LogP contribution is -2.21. The number of rotatable bonds is 0. The van der Waals surface area contributed by atoms with Crippen LogP contribution >= 0.6 is 0 Å². The summed E-state index contributed by atoms with van der Waals surface area (Å²) in [6.45, 7) is 1.04. The fraction of sp³-hybridized carbons (Fsp3) is 0.750. The molecule has 0 radical (unpaired) electrons. The molecule has 0 amide bonds. The Hall–Kier alpha value is 0.441. The lowest BCUT2D eigenvalue weighted by atomic mass is 10.5. The van der Waals surface area contributed by atoms with Gasteiger partial charge in [0.25, 0.3) is 0 Å². The van der Waals surface area contributed by atoms with Gasteiger partial charge in [0.2, 0.25) is 0 Å². The Bertz CT molecular complexity index is 77.9. The fourth-order valence-corrected chi connectivity index (χ4v) is 4.62. The van der Waals surface area contributed by atoms with Gasteiger partial charge in [-0.25, -0.2) is 0 Å². The molecule has 1 heterocycles. The van der Waals surface area contributed by atoms with Crippen molar-refractivity contribution in [1.29, 1.82) is 0 Å². The van der Waals surface area contributed by atoms with Crippen LogP contribution in [0.4, 0.5) is 0 Å². The van der Waals surface area contributed by atoms with Crippen LogP contribution < -0.4 is 0 Å². The normalized spacial score (nSPS) is 21.2. The molecule has 54 valence electrons. The minimum absolute atomic E-state index is 0.0764. The van der Waals surface area contributed by atoms with Crippen molar-refractivity contribution < 1.29 is 9.22 Å². The van der Waals surface area contributed by atoms with Gasteiger partial charge in [-0.15, -0.1) is 6.17 Å². The van der Waals surface area contributed by atoms with E-state index in [9.17, 15) is 0 Å². The molecule has 9 heavy (non-hydrogen) atoms. The fourth-order valence-electron chi connectivity index (χ4n) is 0.713. The molecule has 1 rings (SSSR count). The largest absolute Gasteiger partial charge is 0.442 e. The maximum atomic E-state index is 7.14. The molecule has 1 N–H and O–H groups in total. The second kappa shape index (κ2) is 6.56. The minimum Gasteiger partial charge on any atom is -0.442 e. The Kier molecular flexibility index (Phi) is 6.88. The minimum atomic E-state index is -0.126. The molecule has 0 saturated carbocycles. The van der Waals surface area contributed by atoms with Crippen LogP contribution in [0.25, 0.3) is 0 Å². The molecule has 1 aliphatic rings. The van der Waals surface area contributed by atoms with E-state index in [-0.39, 0.29) is 17.2 Å². The van der Waals surface area contributed by atoms with Crippen molar-refractivity contribution >= 4 is 33.9 Å². The summed E-state index contributed by atoms with van der Waals surface area (Å²) < 4.78 is 5.30. The first-order valence-electron chi connectivity index (χ1n) is 3.09. The Balaban J connectivity index is 0.000000291. The van der Waals surface area contributed by atoms with E-state index in [1.807, 2.05) is 0 Å². The van der Waals surface area contributed by atoms with E-state index in [0.717, 1.165) is 6.61 Å². The lowest BCUT2D eigenvalue weighted by Gasteiger charge is -2.10. The van der Waals surface area contributed by atoms with E-state index >= 15 is 0 Å². The van der Waals surface area contributed by atoms with Gasteiger partial charge in [-0.2, -0.15) is 0 Å². The van der Waals surface area contributed by atoms with Gasteiger partial charge in [0.15, 0.2) is 9.28 Å². The van der Waals surface area contributed by atoms with Crippen molar-refractivity contribution in [3.63, 3.8) is 0 Å². The van der Waals surface area contributed by atoms with Crippen LogP contribution in [0.5, 0.6) is 0 Å². The zero-order valence-electron chi connectivity index (χ0n) is 5.89. The third kappa shape index (κ3) is 4.91. The van der Waals surface area contributed by atoms with Crippen LogP contribution in [-0.4, -0.2) is 45.3 Å². The van der Waals surface area contributed by atoms with Crippen molar-refractivity contribution in [2.24, 2.45) is 0 Å². The van der Waals surface area contributed by atoms with Crippen molar-refractivity contribution in [3.05, 3.63) is 0 Å². The molecule has 0 unspecified atom stereocenters. The molecule has 0 aromatic heterocycles. The highest BCUT2D eigenvalue weighted by Crippen LogP contribution is 1.96. The maximum absolute atomic E-state index is 7.14. The summed E-state index contributed by atoms with van der Waals surface area (Å²) in [6.07, 6.45) is 5.32. The monoisotopic (exact) mass is 178 g/mol. The van der Waals surface area contributed by atoms with Crippen LogP contribution in [0, 0.1) is 0 Å². The topological polar surface area (TPSA) is 29.5 Å². The predicted molar refractivity (Wildman–Crippen MR) is 49.0 cm³/mol. The quantitative estimate of drug-likeness (QED) is 0.425. The van der Waals surface area contributed by atoms with Crippen LogP contribution in [0.1, 0.15) is 6.42 Å². The molecule has 0 aliphatic carbocycles. The molecule has 1 aliphatic heterocycles. The third-order valence-electron chi connectivity index (χ3n) is 1.13. The van der Waals surface area contributed by atoms with Gasteiger partial charge in [-0.1, -0.05) is 0 Å². The van der Waals surface area contributed by atoms with Gasteiger partial charge in [0.05, 0.1) is 0 Å². The molecule has 1 saturated heterocycles. The average molecular weight is 178 g/mol. The van der Waals surface area contributed by atoms with Gasteiger partial charge < -0.3 is 9.22 Å². The molecule has 0 atom stereocenters.